The topological polar surface area (TPSA) is 74.7 Å². The molecule has 5 heteroatoms. The van der Waals surface area contributed by atoms with E-state index in [0.29, 0.717) is 5.92 Å². The SMILES string of the molecule is CCC1CCCN(c2nc3c(cc2C(N)=NO)CCC3)C1. The average Bonchev–Trinajstić information content (AvgIpc) is 3.00. The Morgan fingerprint density at radius 2 is 2.33 bits per heavy atom. The Kier molecular flexibility index (Phi) is 3.99. The van der Waals surface area contributed by atoms with Crippen LogP contribution in [0.2, 0.25) is 0 Å². The molecule has 2 aliphatic rings. The van der Waals surface area contributed by atoms with Crippen LogP contribution < -0.4 is 10.6 Å². The van der Waals surface area contributed by atoms with Crippen molar-refractivity contribution in [3.8, 4) is 0 Å². The normalized spacial score (nSPS) is 22.4. The van der Waals surface area contributed by atoms with Gasteiger partial charge in [0, 0.05) is 18.8 Å². The van der Waals surface area contributed by atoms with E-state index in [2.05, 4.69) is 23.0 Å². The first-order valence-electron chi connectivity index (χ1n) is 7.98. The van der Waals surface area contributed by atoms with Gasteiger partial charge in [-0.3, -0.25) is 0 Å². The minimum atomic E-state index is 0.172. The van der Waals surface area contributed by atoms with E-state index in [1.807, 2.05) is 0 Å². The van der Waals surface area contributed by atoms with Crippen molar-refractivity contribution in [1.29, 1.82) is 0 Å². The predicted molar refractivity (Wildman–Crippen MR) is 84.0 cm³/mol. The number of nitrogens with zero attached hydrogens (tertiary/aromatic N) is 3. The van der Waals surface area contributed by atoms with Gasteiger partial charge in [0.25, 0.3) is 0 Å². The number of hydrogen-bond donors (Lipinski definition) is 2. The van der Waals surface area contributed by atoms with Crippen molar-refractivity contribution in [3.63, 3.8) is 0 Å². The molecule has 1 unspecified atom stereocenters. The van der Waals surface area contributed by atoms with Gasteiger partial charge in [-0.1, -0.05) is 18.5 Å². The summed E-state index contributed by atoms with van der Waals surface area (Å²) in [5.41, 5.74) is 9.13. The van der Waals surface area contributed by atoms with E-state index in [0.717, 1.165) is 43.7 Å². The molecule has 0 amide bonds. The third-order valence-electron chi connectivity index (χ3n) is 4.81. The molecular formula is C16H24N4O. The summed E-state index contributed by atoms with van der Waals surface area (Å²) in [6, 6.07) is 2.08. The summed E-state index contributed by atoms with van der Waals surface area (Å²) < 4.78 is 0. The summed E-state index contributed by atoms with van der Waals surface area (Å²) in [5.74, 6) is 1.80. The molecule has 1 aliphatic carbocycles. The summed E-state index contributed by atoms with van der Waals surface area (Å²) in [5, 5.41) is 12.3. The Labute approximate surface area is 125 Å². The molecule has 1 aliphatic heterocycles. The van der Waals surface area contributed by atoms with Crippen LogP contribution in [0.5, 0.6) is 0 Å². The number of anilines is 1. The zero-order valence-electron chi connectivity index (χ0n) is 12.7. The van der Waals surface area contributed by atoms with Crippen molar-refractivity contribution >= 4 is 11.7 Å². The lowest BCUT2D eigenvalue weighted by atomic mass is 9.95. The fourth-order valence-corrected chi connectivity index (χ4v) is 3.54. The highest BCUT2D eigenvalue weighted by Crippen LogP contribution is 2.30. The van der Waals surface area contributed by atoms with Gasteiger partial charge >= 0.3 is 0 Å². The van der Waals surface area contributed by atoms with E-state index in [1.165, 1.54) is 30.5 Å². The van der Waals surface area contributed by atoms with E-state index in [9.17, 15) is 0 Å². The van der Waals surface area contributed by atoms with Crippen LogP contribution in [-0.2, 0) is 12.8 Å². The molecule has 0 saturated carbocycles. The van der Waals surface area contributed by atoms with Crippen LogP contribution in [0, 0.1) is 5.92 Å². The fourth-order valence-electron chi connectivity index (χ4n) is 3.54. The molecule has 1 saturated heterocycles. The number of rotatable bonds is 3. The lowest BCUT2D eigenvalue weighted by Crippen LogP contribution is -2.37. The lowest BCUT2D eigenvalue weighted by Gasteiger charge is -2.34. The zero-order chi connectivity index (χ0) is 14.8. The van der Waals surface area contributed by atoms with Crippen molar-refractivity contribution in [2.75, 3.05) is 18.0 Å². The summed E-state index contributed by atoms with van der Waals surface area (Å²) in [7, 11) is 0. The molecule has 2 heterocycles. The monoisotopic (exact) mass is 288 g/mol. The quantitative estimate of drug-likeness (QED) is 0.387. The van der Waals surface area contributed by atoms with Crippen LogP contribution >= 0.6 is 0 Å². The first kappa shape index (κ1) is 14.2. The van der Waals surface area contributed by atoms with Gasteiger partial charge in [0.2, 0.25) is 0 Å². The minimum Gasteiger partial charge on any atom is -0.409 e. The standard InChI is InChI=1S/C16H24N4O/c1-2-11-5-4-8-20(10-11)16-13(15(17)19-21)9-12-6-3-7-14(12)18-16/h9,11,21H,2-8,10H2,1H3,(H2,17,19). The van der Waals surface area contributed by atoms with Crippen LogP contribution in [0.15, 0.2) is 11.2 Å². The van der Waals surface area contributed by atoms with Gasteiger partial charge in [-0.25, -0.2) is 4.98 Å². The molecule has 0 radical (unpaired) electrons. The maximum atomic E-state index is 9.07. The second-order valence-electron chi connectivity index (χ2n) is 6.17. The zero-order valence-corrected chi connectivity index (χ0v) is 12.7. The Hall–Kier alpha value is -1.78. The number of nitrogens with two attached hydrogens (primary N) is 1. The Morgan fingerprint density at radius 1 is 1.48 bits per heavy atom. The number of piperidine rings is 1. The number of oxime groups is 1. The first-order valence-corrected chi connectivity index (χ1v) is 7.98. The molecule has 0 spiro atoms. The molecule has 0 aromatic carbocycles. The largest absolute Gasteiger partial charge is 0.409 e. The smallest absolute Gasteiger partial charge is 0.173 e. The Bertz CT molecular complexity index is 555. The number of hydrogen-bond acceptors (Lipinski definition) is 4. The van der Waals surface area contributed by atoms with Crippen LogP contribution in [0.25, 0.3) is 0 Å². The van der Waals surface area contributed by atoms with Crippen molar-refractivity contribution in [3.05, 3.63) is 22.9 Å². The van der Waals surface area contributed by atoms with Crippen molar-refractivity contribution in [2.45, 2.75) is 45.4 Å². The van der Waals surface area contributed by atoms with E-state index in [-0.39, 0.29) is 5.84 Å². The first-order chi connectivity index (χ1) is 10.2. The van der Waals surface area contributed by atoms with Gasteiger partial charge in [-0.2, -0.15) is 0 Å². The van der Waals surface area contributed by atoms with Gasteiger partial charge in [-0.05, 0) is 49.7 Å². The molecule has 3 N–H and O–H groups in total. The van der Waals surface area contributed by atoms with Crippen LogP contribution in [-0.4, -0.2) is 29.1 Å². The molecule has 1 aromatic heterocycles. The molecule has 114 valence electrons. The van der Waals surface area contributed by atoms with Crippen LogP contribution in [0.3, 0.4) is 0 Å². The molecule has 1 atom stereocenters. The summed E-state index contributed by atoms with van der Waals surface area (Å²) in [6.07, 6.45) is 6.92. The number of aryl methyl sites for hydroxylation is 2. The summed E-state index contributed by atoms with van der Waals surface area (Å²) in [6.45, 7) is 4.27. The Balaban J connectivity index is 1.99. The highest BCUT2D eigenvalue weighted by Gasteiger charge is 2.25. The predicted octanol–water partition coefficient (Wildman–Crippen LogP) is 2.29. The van der Waals surface area contributed by atoms with Crippen molar-refractivity contribution in [1.82, 2.24) is 4.98 Å². The van der Waals surface area contributed by atoms with Crippen LogP contribution in [0.4, 0.5) is 5.82 Å². The highest BCUT2D eigenvalue weighted by molar-refractivity contribution is 6.01. The minimum absolute atomic E-state index is 0.172. The summed E-state index contributed by atoms with van der Waals surface area (Å²) >= 11 is 0. The third kappa shape index (κ3) is 2.69. The van der Waals surface area contributed by atoms with Gasteiger partial charge in [0.15, 0.2) is 5.84 Å². The fraction of sp³-hybridized carbons (Fsp3) is 0.625. The van der Waals surface area contributed by atoms with E-state index < -0.39 is 0 Å². The second-order valence-corrected chi connectivity index (χ2v) is 6.17. The molecule has 3 rings (SSSR count). The van der Waals surface area contributed by atoms with Gasteiger partial charge in [-0.15, -0.1) is 0 Å². The maximum Gasteiger partial charge on any atom is 0.173 e. The number of pyridine rings is 1. The lowest BCUT2D eigenvalue weighted by molar-refractivity contribution is 0.318. The molecule has 1 fully saturated rings. The van der Waals surface area contributed by atoms with Crippen molar-refractivity contribution in [2.24, 2.45) is 16.8 Å². The molecule has 5 nitrogen and oxygen atoms in total. The van der Waals surface area contributed by atoms with Crippen LogP contribution in [0.1, 0.15) is 49.4 Å². The van der Waals surface area contributed by atoms with E-state index in [4.69, 9.17) is 15.9 Å². The van der Waals surface area contributed by atoms with Gasteiger partial charge in [0.1, 0.15) is 5.82 Å². The van der Waals surface area contributed by atoms with Crippen molar-refractivity contribution < 1.29 is 5.21 Å². The molecule has 21 heavy (non-hydrogen) atoms. The average molecular weight is 288 g/mol. The van der Waals surface area contributed by atoms with E-state index in [1.54, 1.807) is 0 Å². The second kappa shape index (κ2) is 5.92. The van der Waals surface area contributed by atoms with Gasteiger partial charge in [0.05, 0.1) is 5.56 Å². The number of fused-ring (bicyclic) bond motifs is 1. The molecular weight excluding hydrogens is 264 g/mol. The molecule has 0 bridgehead atoms. The highest BCUT2D eigenvalue weighted by atomic mass is 16.4. The number of aromatic nitrogens is 1. The van der Waals surface area contributed by atoms with Gasteiger partial charge < -0.3 is 15.8 Å². The Morgan fingerprint density at radius 3 is 3.10 bits per heavy atom. The molecule has 1 aromatic rings. The third-order valence-corrected chi connectivity index (χ3v) is 4.81. The number of amidine groups is 1. The maximum absolute atomic E-state index is 9.07. The van der Waals surface area contributed by atoms with E-state index >= 15 is 0 Å². The summed E-state index contributed by atoms with van der Waals surface area (Å²) in [4.78, 5) is 7.19.